The Labute approximate surface area is 108 Å². The highest BCUT2D eigenvalue weighted by atomic mass is 32.1. The molecule has 0 spiro atoms. The van der Waals surface area contributed by atoms with Gasteiger partial charge in [0.05, 0.1) is 4.88 Å². The molecule has 0 saturated carbocycles. The normalized spacial score (nSPS) is 12.7. The summed E-state index contributed by atoms with van der Waals surface area (Å²) < 4.78 is 0. The Bertz CT molecular complexity index is 685. The molecule has 18 heavy (non-hydrogen) atoms. The number of benzene rings is 1. The van der Waals surface area contributed by atoms with Gasteiger partial charge in [0.1, 0.15) is 6.10 Å². The molecule has 1 aromatic carbocycles. The minimum absolute atomic E-state index is 0.255. The fourth-order valence-corrected chi connectivity index (χ4v) is 2.70. The number of H-pyrrole nitrogens is 1. The van der Waals surface area contributed by atoms with Crippen molar-refractivity contribution < 1.29 is 9.90 Å². The fourth-order valence-electron chi connectivity index (χ4n) is 2.01. The molecule has 3 rings (SSSR count). The lowest BCUT2D eigenvalue weighted by Gasteiger charge is -2.07. The van der Waals surface area contributed by atoms with Gasteiger partial charge < -0.3 is 10.1 Å². The molecule has 4 heteroatoms. The number of nitrogens with one attached hydrogen (secondary N) is 1. The van der Waals surface area contributed by atoms with Crippen molar-refractivity contribution >= 4 is 28.0 Å². The number of thiophene rings is 1. The average Bonchev–Trinajstić information content (AvgIpc) is 3.06. The van der Waals surface area contributed by atoms with Crippen molar-refractivity contribution in [2.45, 2.75) is 6.10 Å². The number of Topliss-reactive ketones (excluding diaryl/α,β-unsaturated/α-hetero) is 1. The van der Waals surface area contributed by atoms with Crippen LogP contribution < -0.4 is 0 Å². The number of rotatable bonds is 3. The van der Waals surface area contributed by atoms with Gasteiger partial charge in [0, 0.05) is 22.7 Å². The molecule has 3 nitrogen and oxygen atoms in total. The number of aromatic nitrogens is 1. The molecule has 3 aromatic rings. The Balaban J connectivity index is 2.02. The van der Waals surface area contributed by atoms with Crippen molar-refractivity contribution in [3.05, 3.63) is 58.4 Å². The van der Waals surface area contributed by atoms with Gasteiger partial charge in [-0.2, -0.15) is 0 Å². The molecule has 0 aliphatic rings. The summed E-state index contributed by atoms with van der Waals surface area (Å²) in [7, 11) is 0. The predicted molar refractivity (Wildman–Crippen MR) is 71.9 cm³/mol. The van der Waals surface area contributed by atoms with Crippen molar-refractivity contribution in [3.63, 3.8) is 0 Å². The van der Waals surface area contributed by atoms with Gasteiger partial charge in [-0.3, -0.25) is 4.79 Å². The zero-order chi connectivity index (χ0) is 12.5. The van der Waals surface area contributed by atoms with Crippen molar-refractivity contribution in [2.24, 2.45) is 0 Å². The largest absolute Gasteiger partial charge is 0.380 e. The van der Waals surface area contributed by atoms with E-state index in [0.29, 0.717) is 10.4 Å². The molecule has 0 amide bonds. The first kappa shape index (κ1) is 11.2. The summed E-state index contributed by atoms with van der Waals surface area (Å²) >= 11 is 1.34. The highest BCUT2D eigenvalue weighted by Crippen LogP contribution is 2.27. The number of fused-ring (bicyclic) bond motifs is 1. The number of aliphatic hydroxyl groups is 1. The summed E-state index contributed by atoms with van der Waals surface area (Å²) in [6.45, 7) is 0. The minimum Gasteiger partial charge on any atom is -0.380 e. The topological polar surface area (TPSA) is 53.1 Å². The smallest absolute Gasteiger partial charge is 0.205 e. The van der Waals surface area contributed by atoms with Crippen LogP contribution in [0.15, 0.2) is 48.0 Å². The lowest BCUT2D eigenvalue weighted by atomic mass is 10.0. The van der Waals surface area contributed by atoms with Gasteiger partial charge in [0.15, 0.2) is 0 Å². The van der Waals surface area contributed by atoms with Crippen LogP contribution in [0.3, 0.4) is 0 Å². The van der Waals surface area contributed by atoms with Crippen LogP contribution in [0.5, 0.6) is 0 Å². The van der Waals surface area contributed by atoms with Crippen LogP contribution in [0.4, 0.5) is 0 Å². The number of carbonyl (C=O) groups excluding carboxylic acids is 1. The maximum atomic E-state index is 12.1. The minimum atomic E-state index is -1.11. The fraction of sp³-hybridized carbons (Fsp3) is 0.0714. The van der Waals surface area contributed by atoms with Gasteiger partial charge in [0.25, 0.3) is 0 Å². The SMILES string of the molecule is O=C(c1cccs1)C(O)c1c[nH]c2ccccc12. The first-order chi connectivity index (χ1) is 8.77. The van der Waals surface area contributed by atoms with E-state index in [-0.39, 0.29) is 5.78 Å². The number of para-hydroxylation sites is 1. The number of ketones is 1. The zero-order valence-corrected chi connectivity index (χ0v) is 10.3. The highest BCUT2D eigenvalue weighted by molar-refractivity contribution is 7.12. The Hall–Kier alpha value is -1.91. The second kappa shape index (κ2) is 4.40. The summed E-state index contributed by atoms with van der Waals surface area (Å²) in [5.74, 6) is -0.255. The molecule has 90 valence electrons. The molecule has 0 radical (unpaired) electrons. The number of hydrogen-bond acceptors (Lipinski definition) is 3. The van der Waals surface area contributed by atoms with Crippen molar-refractivity contribution in [3.8, 4) is 0 Å². The predicted octanol–water partition coefficient (Wildman–Crippen LogP) is 3.15. The summed E-state index contributed by atoms with van der Waals surface area (Å²) in [5, 5.41) is 12.9. The van der Waals surface area contributed by atoms with E-state index in [9.17, 15) is 9.90 Å². The average molecular weight is 257 g/mol. The number of aliphatic hydroxyl groups excluding tert-OH is 1. The Kier molecular flexibility index (Phi) is 2.74. The van der Waals surface area contributed by atoms with Crippen LogP contribution in [0.1, 0.15) is 21.3 Å². The maximum Gasteiger partial charge on any atom is 0.205 e. The van der Waals surface area contributed by atoms with Gasteiger partial charge in [-0.1, -0.05) is 24.3 Å². The Morgan fingerprint density at radius 2 is 2.06 bits per heavy atom. The van der Waals surface area contributed by atoms with Crippen LogP contribution >= 0.6 is 11.3 Å². The van der Waals surface area contributed by atoms with E-state index in [2.05, 4.69) is 4.98 Å². The van der Waals surface area contributed by atoms with E-state index in [1.165, 1.54) is 11.3 Å². The van der Waals surface area contributed by atoms with Gasteiger partial charge in [-0.25, -0.2) is 0 Å². The first-order valence-electron chi connectivity index (χ1n) is 5.59. The zero-order valence-electron chi connectivity index (χ0n) is 9.46. The van der Waals surface area contributed by atoms with E-state index in [0.717, 1.165) is 10.9 Å². The summed E-state index contributed by atoms with van der Waals surface area (Å²) in [4.78, 5) is 15.7. The lowest BCUT2D eigenvalue weighted by molar-refractivity contribution is 0.0754. The number of hydrogen-bond donors (Lipinski definition) is 2. The molecule has 0 fully saturated rings. The van der Waals surface area contributed by atoms with E-state index in [1.807, 2.05) is 29.6 Å². The quantitative estimate of drug-likeness (QED) is 0.708. The summed E-state index contributed by atoms with van der Waals surface area (Å²) in [5.41, 5.74) is 1.55. The molecule has 2 aromatic heterocycles. The monoisotopic (exact) mass is 257 g/mol. The van der Waals surface area contributed by atoms with E-state index < -0.39 is 6.10 Å². The first-order valence-corrected chi connectivity index (χ1v) is 6.47. The molecule has 0 bridgehead atoms. The van der Waals surface area contributed by atoms with Crippen LogP contribution in [0, 0.1) is 0 Å². The lowest BCUT2D eigenvalue weighted by Crippen LogP contribution is -2.10. The third-order valence-corrected chi connectivity index (χ3v) is 3.81. The second-order valence-electron chi connectivity index (χ2n) is 4.03. The Morgan fingerprint density at radius 3 is 2.83 bits per heavy atom. The highest BCUT2D eigenvalue weighted by Gasteiger charge is 2.22. The van der Waals surface area contributed by atoms with Crippen LogP contribution in [-0.4, -0.2) is 15.9 Å². The molecule has 2 heterocycles. The van der Waals surface area contributed by atoms with Gasteiger partial charge in [-0.05, 0) is 17.5 Å². The van der Waals surface area contributed by atoms with E-state index in [4.69, 9.17) is 0 Å². The third kappa shape index (κ3) is 1.75. The summed E-state index contributed by atoms with van der Waals surface area (Å²) in [6, 6.07) is 11.1. The molecule has 0 aliphatic heterocycles. The third-order valence-electron chi connectivity index (χ3n) is 2.93. The molecule has 0 aliphatic carbocycles. The van der Waals surface area contributed by atoms with Gasteiger partial charge in [-0.15, -0.1) is 11.3 Å². The summed E-state index contributed by atoms with van der Waals surface area (Å²) in [6.07, 6.45) is 0.584. The second-order valence-corrected chi connectivity index (χ2v) is 4.98. The Morgan fingerprint density at radius 1 is 1.22 bits per heavy atom. The molecule has 1 unspecified atom stereocenters. The maximum absolute atomic E-state index is 12.1. The number of aromatic amines is 1. The molecule has 0 saturated heterocycles. The van der Waals surface area contributed by atoms with Crippen LogP contribution in [0.2, 0.25) is 0 Å². The van der Waals surface area contributed by atoms with E-state index >= 15 is 0 Å². The van der Waals surface area contributed by atoms with Crippen molar-refractivity contribution in [2.75, 3.05) is 0 Å². The molecular formula is C14H11NO2S. The van der Waals surface area contributed by atoms with Gasteiger partial charge >= 0.3 is 0 Å². The molecule has 2 N–H and O–H groups in total. The van der Waals surface area contributed by atoms with E-state index in [1.54, 1.807) is 18.3 Å². The molecule has 1 atom stereocenters. The standard InChI is InChI=1S/C14H11NO2S/c16-13(14(17)12-6-3-7-18-12)10-8-15-11-5-2-1-4-9(10)11/h1-8,13,15-16H. The molecular weight excluding hydrogens is 246 g/mol. The van der Waals surface area contributed by atoms with Crippen LogP contribution in [0.25, 0.3) is 10.9 Å². The van der Waals surface area contributed by atoms with Gasteiger partial charge in [0.2, 0.25) is 5.78 Å². The van der Waals surface area contributed by atoms with Crippen molar-refractivity contribution in [1.82, 2.24) is 4.98 Å². The van der Waals surface area contributed by atoms with Crippen LogP contribution in [-0.2, 0) is 0 Å². The van der Waals surface area contributed by atoms with Crippen molar-refractivity contribution in [1.29, 1.82) is 0 Å². The number of carbonyl (C=O) groups is 1.